The zero-order valence-corrected chi connectivity index (χ0v) is 9.69. The molecular formula is C12H16N2O2. The summed E-state index contributed by atoms with van der Waals surface area (Å²) in [4.78, 5) is 22.2. The van der Waals surface area contributed by atoms with E-state index in [-0.39, 0.29) is 24.5 Å². The summed E-state index contributed by atoms with van der Waals surface area (Å²) in [5.74, 6) is -0.319. The number of hydrogen-bond donors (Lipinski definition) is 0. The molecule has 0 spiro atoms. The summed E-state index contributed by atoms with van der Waals surface area (Å²) in [5, 5.41) is 17.3. The van der Waals surface area contributed by atoms with Crippen LogP contribution in [0.1, 0.15) is 39.5 Å². The highest BCUT2D eigenvalue weighted by atomic mass is 16.1. The summed E-state index contributed by atoms with van der Waals surface area (Å²) in [6, 6.07) is 3.98. The number of hydrogen-bond acceptors (Lipinski definition) is 4. The summed E-state index contributed by atoms with van der Waals surface area (Å²) in [7, 11) is 0. The smallest absolute Gasteiger partial charge is 0.137 e. The van der Waals surface area contributed by atoms with Gasteiger partial charge in [-0.1, -0.05) is 6.92 Å². The fourth-order valence-corrected chi connectivity index (χ4v) is 1.77. The third kappa shape index (κ3) is 3.47. The molecular weight excluding hydrogens is 204 g/mol. The van der Waals surface area contributed by atoms with Gasteiger partial charge in [0.2, 0.25) is 0 Å². The first-order valence-corrected chi connectivity index (χ1v) is 5.21. The molecule has 0 aromatic carbocycles. The zero-order chi connectivity index (χ0) is 12.6. The standard InChI is InChI=1S/C12H16N2O2/c1-10(16)12(2,6-8-14)11(5-9-15)4-3-7-13/h9,11H,3-6H2,1-2H3. The number of ketones is 1. The van der Waals surface area contributed by atoms with Gasteiger partial charge in [0.15, 0.2) is 0 Å². The van der Waals surface area contributed by atoms with Crippen molar-refractivity contribution in [3.63, 3.8) is 0 Å². The number of carbonyl (C=O) groups excluding carboxylic acids is 2. The molecule has 0 bridgehead atoms. The number of rotatable bonds is 7. The molecule has 4 heteroatoms. The Morgan fingerprint density at radius 2 is 2.06 bits per heavy atom. The van der Waals surface area contributed by atoms with Gasteiger partial charge in [0.25, 0.3) is 0 Å². The van der Waals surface area contributed by atoms with E-state index in [4.69, 9.17) is 10.5 Å². The van der Waals surface area contributed by atoms with Crippen molar-refractivity contribution in [2.24, 2.45) is 11.3 Å². The zero-order valence-electron chi connectivity index (χ0n) is 9.69. The Morgan fingerprint density at radius 3 is 2.44 bits per heavy atom. The van der Waals surface area contributed by atoms with Crippen LogP contribution in [0, 0.1) is 34.0 Å². The lowest BCUT2D eigenvalue weighted by atomic mass is 9.69. The van der Waals surface area contributed by atoms with Crippen molar-refractivity contribution in [3.8, 4) is 12.1 Å². The van der Waals surface area contributed by atoms with Crippen molar-refractivity contribution in [1.29, 1.82) is 10.5 Å². The average molecular weight is 220 g/mol. The molecule has 0 rings (SSSR count). The van der Waals surface area contributed by atoms with Crippen LogP contribution in [0.3, 0.4) is 0 Å². The first-order valence-electron chi connectivity index (χ1n) is 5.21. The molecule has 0 amide bonds. The fourth-order valence-electron chi connectivity index (χ4n) is 1.77. The molecule has 0 saturated heterocycles. The van der Waals surface area contributed by atoms with Crippen molar-refractivity contribution in [2.45, 2.75) is 39.5 Å². The molecule has 0 heterocycles. The van der Waals surface area contributed by atoms with Crippen LogP contribution in [-0.4, -0.2) is 12.1 Å². The number of aldehydes is 1. The van der Waals surface area contributed by atoms with E-state index >= 15 is 0 Å². The van der Waals surface area contributed by atoms with Gasteiger partial charge in [0.05, 0.1) is 12.1 Å². The largest absolute Gasteiger partial charge is 0.303 e. The van der Waals surface area contributed by atoms with Gasteiger partial charge in [-0.05, 0) is 19.3 Å². The van der Waals surface area contributed by atoms with E-state index in [1.807, 2.05) is 12.1 Å². The second kappa shape index (κ2) is 6.74. The molecule has 2 unspecified atom stereocenters. The van der Waals surface area contributed by atoms with E-state index in [2.05, 4.69) is 0 Å². The van der Waals surface area contributed by atoms with E-state index in [1.54, 1.807) is 6.92 Å². The van der Waals surface area contributed by atoms with Gasteiger partial charge in [0.1, 0.15) is 12.1 Å². The molecule has 4 nitrogen and oxygen atoms in total. The molecule has 0 fully saturated rings. The molecule has 0 aromatic heterocycles. The normalized spacial score (nSPS) is 15.2. The Bertz CT molecular complexity index is 338. The van der Waals surface area contributed by atoms with Crippen LogP contribution >= 0.6 is 0 Å². The number of Topliss-reactive ketones (excluding diaryl/α,β-unsaturated/α-hetero) is 1. The highest BCUT2D eigenvalue weighted by molar-refractivity contribution is 5.83. The lowest BCUT2D eigenvalue weighted by Crippen LogP contribution is -2.34. The quantitative estimate of drug-likeness (QED) is 0.614. The van der Waals surface area contributed by atoms with Gasteiger partial charge in [-0.25, -0.2) is 0 Å². The van der Waals surface area contributed by atoms with Crippen LogP contribution in [0.2, 0.25) is 0 Å². The van der Waals surface area contributed by atoms with Crippen LogP contribution in [0.4, 0.5) is 0 Å². The van der Waals surface area contributed by atoms with Crippen molar-refractivity contribution in [3.05, 3.63) is 0 Å². The topological polar surface area (TPSA) is 81.7 Å². The molecule has 0 N–H and O–H groups in total. The fraction of sp³-hybridized carbons (Fsp3) is 0.667. The SMILES string of the molecule is CC(=O)C(C)(CC#N)C(CC=O)CCC#N. The first-order chi connectivity index (χ1) is 7.52. The minimum absolute atomic E-state index is 0.0896. The minimum Gasteiger partial charge on any atom is -0.303 e. The van der Waals surface area contributed by atoms with Gasteiger partial charge < -0.3 is 4.79 Å². The monoisotopic (exact) mass is 220 g/mol. The van der Waals surface area contributed by atoms with Crippen LogP contribution < -0.4 is 0 Å². The van der Waals surface area contributed by atoms with Crippen molar-refractivity contribution < 1.29 is 9.59 Å². The van der Waals surface area contributed by atoms with E-state index in [0.29, 0.717) is 12.8 Å². The predicted molar refractivity (Wildman–Crippen MR) is 58.0 cm³/mol. The Hall–Kier alpha value is -1.68. The van der Waals surface area contributed by atoms with E-state index < -0.39 is 5.41 Å². The van der Waals surface area contributed by atoms with E-state index in [1.165, 1.54) is 6.92 Å². The predicted octanol–water partition coefficient (Wildman–Crippen LogP) is 2.00. The Morgan fingerprint density at radius 1 is 1.44 bits per heavy atom. The van der Waals surface area contributed by atoms with Crippen LogP contribution in [0.25, 0.3) is 0 Å². The minimum atomic E-state index is -0.813. The van der Waals surface area contributed by atoms with Crippen molar-refractivity contribution in [2.75, 3.05) is 0 Å². The van der Waals surface area contributed by atoms with Gasteiger partial charge in [0, 0.05) is 24.7 Å². The maximum absolute atomic E-state index is 11.6. The summed E-state index contributed by atoms with van der Waals surface area (Å²) in [5.41, 5.74) is -0.813. The molecule has 0 aliphatic carbocycles. The molecule has 0 aliphatic rings. The maximum atomic E-state index is 11.6. The third-order valence-electron chi connectivity index (χ3n) is 3.14. The van der Waals surface area contributed by atoms with Gasteiger partial charge in [-0.2, -0.15) is 10.5 Å². The van der Waals surface area contributed by atoms with E-state index in [0.717, 1.165) is 6.29 Å². The number of nitriles is 2. The molecule has 2 atom stereocenters. The molecule has 0 radical (unpaired) electrons. The van der Waals surface area contributed by atoms with Crippen LogP contribution in [0.5, 0.6) is 0 Å². The van der Waals surface area contributed by atoms with Crippen LogP contribution in [0.15, 0.2) is 0 Å². The summed E-state index contributed by atoms with van der Waals surface area (Å²) >= 11 is 0. The first kappa shape index (κ1) is 14.3. The Balaban J connectivity index is 4.95. The Labute approximate surface area is 95.9 Å². The molecule has 0 saturated carbocycles. The molecule has 86 valence electrons. The van der Waals surface area contributed by atoms with Gasteiger partial charge in [-0.15, -0.1) is 0 Å². The number of nitrogens with zero attached hydrogens (tertiary/aromatic N) is 2. The molecule has 0 aliphatic heterocycles. The lowest BCUT2D eigenvalue weighted by Gasteiger charge is -2.32. The van der Waals surface area contributed by atoms with Gasteiger partial charge in [-0.3, -0.25) is 4.79 Å². The summed E-state index contributed by atoms with van der Waals surface area (Å²) in [6.45, 7) is 3.13. The highest BCUT2D eigenvalue weighted by Gasteiger charge is 2.37. The average Bonchev–Trinajstić information content (AvgIpc) is 2.24. The second-order valence-corrected chi connectivity index (χ2v) is 4.10. The maximum Gasteiger partial charge on any atom is 0.137 e. The summed E-state index contributed by atoms with van der Waals surface area (Å²) in [6.07, 6.45) is 1.84. The third-order valence-corrected chi connectivity index (χ3v) is 3.14. The van der Waals surface area contributed by atoms with Gasteiger partial charge >= 0.3 is 0 Å². The molecule has 16 heavy (non-hydrogen) atoms. The van der Waals surface area contributed by atoms with E-state index in [9.17, 15) is 9.59 Å². The number of carbonyl (C=O) groups is 2. The lowest BCUT2D eigenvalue weighted by molar-refractivity contribution is -0.129. The molecule has 0 aromatic rings. The second-order valence-electron chi connectivity index (χ2n) is 4.10. The van der Waals surface area contributed by atoms with Crippen molar-refractivity contribution in [1.82, 2.24) is 0 Å². The highest BCUT2D eigenvalue weighted by Crippen LogP contribution is 2.37. The Kier molecular flexibility index (Phi) is 6.03. The van der Waals surface area contributed by atoms with Crippen LogP contribution in [-0.2, 0) is 9.59 Å². The summed E-state index contributed by atoms with van der Waals surface area (Å²) < 4.78 is 0. The van der Waals surface area contributed by atoms with Crippen molar-refractivity contribution >= 4 is 12.1 Å².